The van der Waals surface area contributed by atoms with Crippen molar-refractivity contribution in [3.05, 3.63) is 77.4 Å². The number of guanidine groups is 1. The Labute approximate surface area is 179 Å². The third-order valence-electron chi connectivity index (χ3n) is 5.10. The van der Waals surface area contributed by atoms with Crippen molar-refractivity contribution < 1.29 is 4.79 Å². The van der Waals surface area contributed by atoms with Gasteiger partial charge < -0.3 is 16.0 Å². The van der Waals surface area contributed by atoms with Crippen molar-refractivity contribution in [1.29, 1.82) is 0 Å². The summed E-state index contributed by atoms with van der Waals surface area (Å²) in [6.45, 7) is 8.24. The molecule has 2 aromatic carbocycles. The molecule has 30 heavy (non-hydrogen) atoms. The van der Waals surface area contributed by atoms with Gasteiger partial charge in [0.25, 0.3) is 0 Å². The van der Waals surface area contributed by atoms with E-state index in [1.807, 2.05) is 24.3 Å². The van der Waals surface area contributed by atoms with E-state index in [1.165, 1.54) is 5.56 Å². The number of carbonyl (C=O) groups excluding carboxylic acids is 1. The molecule has 0 bridgehead atoms. The SMILES string of the molecule is CCNC(=NCc1cccc(C(N)=O)c1)N1CCN(C/C=C/c2ccccc2)CC1. The van der Waals surface area contributed by atoms with Crippen LogP contribution in [0.1, 0.15) is 28.4 Å². The van der Waals surface area contributed by atoms with Crippen molar-refractivity contribution >= 4 is 17.9 Å². The molecule has 0 aliphatic carbocycles. The number of nitrogens with two attached hydrogens (primary N) is 1. The topological polar surface area (TPSA) is 74.0 Å². The zero-order chi connectivity index (χ0) is 21.2. The van der Waals surface area contributed by atoms with E-state index in [4.69, 9.17) is 10.7 Å². The van der Waals surface area contributed by atoms with Gasteiger partial charge in [-0.1, -0.05) is 54.6 Å². The first-order valence-corrected chi connectivity index (χ1v) is 10.5. The number of piperazine rings is 1. The first-order valence-electron chi connectivity index (χ1n) is 10.5. The maximum absolute atomic E-state index is 11.4. The van der Waals surface area contributed by atoms with Gasteiger partial charge in [-0.05, 0) is 30.2 Å². The second-order valence-corrected chi connectivity index (χ2v) is 7.34. The van der Waals surface area contributed by atoms with Crippen LogP contribution >= 0.6 is 0 Å². The van der Waals surface area contributed by atoms with Gasteiger partial charge in [-0.15, -0.1) is 0 Å². The number of nitrogens with zero attached hydrogens (tertiary/aromatic N) is 3. The third kappa shape index (κ3) is 6.46. The monoisotopic (exact) mass is 405 g/mol. The Morgan fingerprint density at radius 3 is 2.57 bits per heavy atom. The average molecular weight is 406 g/mol. The average Bonchev–Trinajstić information content (AvgIpc) is 2.78. The molecule has 1 heterocycles. The predicted molar refractivity (Wildman–Crippen MR) is 123 cm³/mol. The molecule has 6 heteroatoms. The van der Waals surface area contributed by atoms with E-state index in [0.717, 1.165) is 50.8 Å². The van der Waals surface area contributed by atoms with Crippen LogP contribution in [0.4, 0.5) is 0 Å². The minimum absolute atomic E-state index is 0.412. The van der Waals surface area contributed by atoms with Crippen molar-refractivity contribution in [3.63, 3.8) is 0 Å². The number of nitrogens with one attached hydrogen (secondary N) is 1. The molecule has 0 unspecified atom stereocenters. The van der Waals surface area contributed by atoms with Crippen LogP contribution in [0.15, 0.2) is 65.7 Å². The van der Waals surface area contributed by atoms with Gasteiger partial charge in [0.05, 0.1) is 6.54 Å². The molecule has 2 aromatic rings. The molecule has 3 N–H and O–H groups in total. The number of hydrogen-bond acceptors (Lipinski definition) is 3. The number of benzene rings is 2. The fourth-order valence-corrected chi connectivity index (χ4v) is 3.46. The van der Waals surface area contributed by atoms with Crippen LogP contribution < -0.4 is 11.1 Å². The molecule has 6 nitrogen and oxygen atoms in total. The maximum Gasteiger partial charge on any atom is 0.248 e. The van der Waals surface area contributed by atoms with Crippen LogP contribution in [0.2, 0.25) is 0 Å². The summed E-state index contributed by atoms with van der Waals surface area (Å²) in [5.74, 6) is 0.506. The van der Waals surface area contributed by atoms with E-state index < -0.39 is 5.91 Å². The van der Waals surface area contributed by atoms with Crippen LogP contribution in [-0.2, 0) is 6.54 Å². The van der Waals surface area contributed by atoms with Crippen molar-refractivity contribution in [2.75, 3.05) is 39.3 Å². The Morgan fingerprint density at radius 2 is 1.87 bits per heavy atom. The smallest absolute Gasteiger partial charge is 0.248 e. The molecule has 0 saturated carbocycles. The van der Waals surface area contributed by atoms with Gasteiger partial charge in [0, 0.05) is 44.8 Å². The number of carbonyl (C=O) groups is 1. The molecule has 1 saturated heterocycles. The Kier molecular flexibility index (Phi) is 8.03. The van der Waals surface area contributed by atoms with Gasteiger partial charge in [-0.2, -0.15) is 0 Å². The van der Waals surface area contributed by atoms with Gasteiger partial charge in [0.1, 0.15) is 0 Å². The highest BCUT2D eigenvalue weighted by Crippen LogP contribution is 2.08. The molecule has 1 aliphatic heterocycles. The molecular weight excluding hydrogens is 374 g/mol. The lowest BCUT2D eigenvalue weighted by Gasteiger charge is -2.36. The summed E-state index contributed by atoms with van der Waals surface area (Å²) in [5, 5.41) is 3.39. The van der Waals surface area contributed by atoms with Gasteiger partial charge in [0.2, 0.25) is 5.91 Å². The first kappa shape index (κ1) is 21.6. The second kappa shape index (κ2) is 11.2. The molecule has 0 aromatic heterocycles. The second-order valence-electron chi connectivity index (χ2n) is 7.34. The minimum Gasteiger partial charge on any atom is -0.366 e. The van der Waals surface area contributed by atoms with Gasteiger partial charge >= 0.3 is 0 Å². The Morgan fingerprint density at radius 1 is 1.10 bits per heavy atom. The quantitative estimate of drug-likeness (QED) is 0.549. The molecule has 0 atom stereocenters. The standard InChI is InChI=1S/C24H31N5O/c1-2-26-24(27-19-21-10-6-12-22(18-21)23(25)30)29-16-14-28(15-17-29)13-7-11-20-8-4-3-5-9-20/h3-12,18H,2,13-17,19H2,1H3,(H2,25,30)(H,26,27)/b11-7+. The Bertz CT molecular complexity index is 870. The number of hydrogen-bond donors (Lipinski definition) is 2. The van der Waals surface area contributed by atoms with Crippen LogP contribution in [0.5, 0.6) is 0 Å². The summed E-state index contributed by atoms with van der Waals surface area (Å²) >= 11 is 0. The van der Waals surface area contributed by atoms with E-state index in [0.29, 0.717) is 12.1 Å². The van der Waals surface area contributed by atoms with Gasteiger partial charge in [-0.3, -0.25) is 9.69 Å². The van der Waals surface area contributed by atoms with Gasteiger partial charge in [-0.25, -0.2) is 4.99 Å². The molecule has 1 amide bonds. The third-order valence-corrected chi connectivity index (χ3v) is 5.10. The number of rotatable bonds is 7. The van der Waals surface area contributed by atoms with Crippen molar-refractivity contribution in [2.24, 2.45) is 10.7 Å². The maximum atomic E-state index is 11.4. The first-order chi connectivity index (χ1) is 14.7. The lowest BCUT2D eigenvalue weighted by atomic mass is 10.1. The van der Waals surface area contributed by atoms with Crippen molar-refractivity contribution in [1.82, 2.24) is 15.1 Å². The molecule has 158 valence electrons. The van der Waals surface area contributed by atoms with Crippen molar-refractivity contribution in [2.45, 2.75) is 13.5 Å². The summed E-state index contributed by atoms with van der Waals surface area (Å²) in [7, 11) is 0. The Balaban J connectivity index is 1.53. The van der Waals surface area contributed by atoms with E-state index in [-0.39, 0.29) is 0 Å². The van der Waals surface area contributed by atoms with Crippen LogP contribution in [-0.4, -0.2) is 60.9 Å². The van der Waals surface area contributed by atoms with E-state index in [9.17, 15) is 4.79 Å². The molecule has 0 radical (unpaired) electrons. The molecule has 1 fully saturated rings. The largest absolute Gasteiger partial charge is 0.366 e. The zero-order valence-corrected chi connectivity index (χ0v) is 17.6. The summed E-state index contributed by atoms with van der Waals surface area (Å²) in [4.78, 5) is 20.9. The lowest BCUT2D eigenvalue weighted by Crippen LogP contribution is -2.52. The fraction of sp³-hybridized carbons (Fsp3) is 0.333. The highest BCUT2D eigenvalue weighted by atomic mass is 16.1. The highest BCUT2D eigenvalue weighted by molar-refractivity contribution is 5.92. The van der Waals surface area contributed by atoms with E-state index >= 15 is 0 Å². The fourth-order valence-electron chi connectivity index (χ4n) is 3.46. The normalized spacial score (nSPS) is 15.5. The van der Waals surface area contributed by atoms with E-state index in [2.05, 4.69) is 58.5 Å². The van der Waals surface area contributed by atoms with Crippen LogP contribution in [0.3, 0.4) is 0 Å². The van der Waals surface area contributed by atoms with Crippen LogP contribution in [0, 0.1) is 0 Å². The summed E-state index contributed by atoms with van der Waals surface area (Å²) in [6, 6.07) is 17.7. The highest BCUT2D eigenvalue weighted by Gasteiger charge is 2.18. The lowest BCUT2D eigenvalue weighted by molar-refractivity contribution is 0.1000. The van der Waals surface area contributed by atoms with Crippen LogP contribution in [0.25, 0.3) is 6.08 Å². The zero-order valence-electron chi connectivity index (χ0n) is 17.6. The van der Waals surface area contributed by atoms with Gasteiger partial charge in [0.15, 0.2) is 5.96 Å². The summed E-state index contributed by atoms with van der Waals surface area (Å²) in [5.41, 5.74) is 8.11. The number of primary amides is 1. The molecular formula is C24H31N5O. The number of amides is 1. The minimum atomic E-state index is -0.412. The summed E-state index contributed by atoms with van der Waals surface area (Å²) < 4.78 is 0. The Hall–Kier alpha value is -3.12. The predicted octanol–water partition coefficient (Wildman–Crippen LogP) is 2.58. The summed E-state index contributed by atoms with van der Waals surface area (Å²) in [6.07, 6.45) is 4.41. The van der Waals surface area contributed by atoms with Crippen molar-refractivity contribution in [3.8, 4) is 0 Å². The molecule has 0 spiro atoms. The molecule has 3 rings (SSSR count). The number of aliphatic imine (C=N–C) groups is 1. The molecule has 1 aliphatic rings. The van der Waals surface area contributed by atoms with E-state index in [1.54, 1.807) is 6.07 Å².